The number of ether oxygens (including phenoxy) is 1. The van der Waals surface area contributed by atoms with Gasteiger partial charge in [-0.3, -0.25) is 30.4 Å². The van der Waals surface area contributed by atoms with Crippen LogP contribution >= 0.6 is 0 Å². The molecular formula is C21H20N6O10. The first-order valence-electron chi connectivity index (χ1n) is 10.2. The molecule has 0 aromatic heterocycles. The summed E-state index contributed by atoms with van der Waals surface area (Å²) >= 11 is 0. The predicted octanol–water partition coefficient (Wildman–Crippen LogP) is 2.10. The number of likely N-dealkylation sites (N-methyl/N-ethyl adjacent to an activating group) is 1. The number of nitro groups is 2. The van der Waals surface area contributed by atoms with Crippen molar-refractivity contribution in [3.8, 4) is 0 Å². The predicted molar refractivity (Wildman–Crippen MR) is 126 cm³/mol. The Morgan fingerprint density at radius 2 is 1.43 bits per heavy atom. The number of nitrogens with one attached hydrogen (secondary N) is 1. The van der Waals surface area contributed by atoms with Gasteiger partial charge in [0.2, 0.25) is 12.4 Å². The highest BCUT2D eigenvalue weighted by molar-refractivity contribution is 6.03. The number of rotatable bonds is 9. The van der Waals surface area contributed by atoms with Crippen LogP contribution in [0.4, 0.5) is 16.2 Å². The molecule has 0 aliphatic carbocycles. The zero-order valence-corrected chi connectivity index (χ0v) is 19.4. The summed E-state index contributed by atoms with van der Waals surface area (Å²) in [5.41, 5.74) is -0.621. The van der Waals surface area contributed by atoms with E-state index < -0.39 is 27.9 Å². The van der Waals surface area contributed by atoms with E-state index in [0.717, 1.165) is 48.5 Å². The van der Waals surface area contributed by atoms with Gasteiger partial charge in [0.05, 0.1) is 27.5 Å². The summed E-state index contributed by atoms with van der Waals surface area (Å²) in [5.74, 6) is -2.42. The third-order valence-corrected chi connectivity index (χ3v) is 4.18. The van der Waals surface area contributed by atoms with E-state index in [0.29, 0.717) is 12.9 Å². The molecule has 1 N–H and O–H groups in total. The first kappa shape index (κ1) is 28.0. The number of carbonyl (C=O) groups excluding carboxylic acids is 3. The molecule has 37 heavy (non-hydrogen) atoms. The topological polar surface area (TPSA) is 205 Å². The monoisotopic (exact) mass is 516 g/mol. The zero-order valence-electron chi connectivity index (χ0n) is 19.4. The smallest absolute Gasteiger partial charge is 0.372 e. The van der Waals surface area contributed by atoms with Crippen molar-refractivity contribution in [3.63, 3.8) is 0 Å². The van der Waals surface area contributed by atoms with Crippen molar-refractivity contribution in [1.82, 2.24) is 10.2 Å². The van der Waals surface area contributed by atoms with E-state index in [1.807, 2.05) is 0 Å². The molecule has 0 aliphatic heterocycles. The first-order valence-corrected chi connectivity index (χ1v) is 10.2. The second kappa shape index (κ2) is 13.6. The van der Waals surface area contributed by atoms with Crippen molar-refractivity contribution in [2.75, 3.05) is 27.2 Å². The van der Waals surface area contributed by atoms with Crippen LogP contribution in [-0.2, 0) is 14.5 Å². The molecule has 0 atom stereocenters. The maximum Gasteiger partial charge on any atom is 0.422 e. The van der Waals surface area contributed by atoms with E-state index >= 15 is 0 Å². The number of aliphatic imine (C=N–C) groups is 2. The lowest BCUT2D eigenvalue weighted by atomic mass is 10.2. The van der Waals surface area contributed by atoms with E-state index in [9.17, 15) is 34.6 Å². The molecule has 16 heteroatoms. The minimum absolute atomic E-state index is 0.0367. The second-order valence-electron chi connectivity index (χ2n) is 7.12. The number of carbonyl (C=O) groups is 3. The van der Waals surface area contributed by atoms with Crippen molar-refractivity contribution < 1.29 is 38.7 Å². The summed E-state index contributed by atoms with van der Waals surface area (Å²) in [6.45, 7) is 0.631. The van der Waals surface area contributed by atoms with Crippen LogP contribution < -0.4 is 5.32 Å². The Morgan fingerprint density at radius 1 is 0.919 bits per heavy atom. The van der Waals surface area contributed by atoms with Gasteiger partial charge in [-0.25, -0.2) is 24.3 Å². The van der Waals surface area contributed by atoms with Crippen molar-refractivity contribution in [1.29, 1.82) is 0 Å². The normalized spacial score (nSPS) is 11.2. The van der Waals surface area contributed by atoms with Gasteiger partial charge in [0, 0.05) is 30.8 Å². The summed E-state index contributed by atoms with van der Waals surface area (Å²) < 4.78 is 4.63. The van der Waals surface area contributed by atoms with Gasteiger partial charge in [-0.05, 0) is 38.4 Å². The SMILES string of the molecule is CN(C)CCN=C(N=COOC(=O)c1ccc([N+](=O)[O-])cc1)NC(=O)OC(=O)c1ccc([N+](=O)[O-])cc1. The fraction of sp³-hybridized carbons (Fsp3) is 0.190. The maximum atomic E-state index is 12.1. The summed E-state index contributed by atoms with van der Waals surface area (Å²) in [5, 5.41) is 23.5. The Kier molecular flexibility index (Phi) is 10.3. The number of nitrogens with zero attached hydrogens (tertiary/aromatic N) is 5. The van der Waals surface area contributed by atoms with Crippen LogP contribution in [0.5, 0.6) is 0 Å². The largest absolute Gasteiger partial charge is 0.422 e. The third-order valence-electron chi connectivity index (χ3n) is 4.18. The minimum Gasteiger partial charge on any atom is -0.372 e. The minimum atomic E-state index is -1.26. The Bertz CT molecular complexity index is 1210. The molecule has 0 saturated carbocycles. The standard InChI is InChI=1S/C21H20N6O10/c1-25(2)12-11-22-20(23-13-35-37-19(29)15-5-9-17(10-6-15)27(33)34)24-21(30)36-18(28)14-3-7-16(8-4-14)26(31)32/h3-10,13H,11-12H2,1-2H3,(H,22,24,30). The van der Waals surface area contributed by atoms with E-state index in [2.05, 4.69) is 29.8 Å². The molecule has 0 bridgehead atoms. The molecule has 0 spiro atoms. The molecule has 2 rings (SSSR count). The average Bonchev–Trinajstić information content (AvgIpc) is 2.86. The lowest BCUT2D eigenvalue weighted by molar-refractivity contribution is -0.385. The van der Waals surface area contributed by atoms with E-state index in [1.165, 1.54) is 0 Å². The number of amides is 1. The molecule has 2 aromatic carbocycles. The first-order chi connectivity index (χ1) is 17.6. The number of hydrogen-bond donors (Lipinski definition) is 1. The van der Waals surface area contributed by atoms with E-state index in [1.54, 1.807) is 19.0 Å². The summed E-state index contributed by atoms with van der Waals surface area (Å²) in [6.07, 6.45) is -0.622. The van der Waals surface area contributed by atoms with Gasteiger partial charge in [-0.2, -0.15) is 4.99 Å². The van der Waals surface area contributed by atoms with Crippen LogP contribution in [0, 0.1) is 20.2 Å². The van der Waals surface area contributed by atoms with Gasteiger partial charge in [-0.15, -0.1) is 0 Å². The highest BCUT2D eigenvalue weighted by Crippen LogP contribution is 2.13. The van der Waals surface area contributed by atoms with Crippen LogP contribution in [0.1, 0.15) is 20.7 Å². The average molecular weight is 516 g/mol. The van der Waals surface area contributed by atoms with Crippen LogP contribution in [-0.4, -0.2) is 72.3 Å². The highest BCUT2D eigenvalue weighted by Gasteiger charge is 2.16. The van der Waals surface area contributed by atoms with Crippen LogP contribution in [0.2, 0.25) is 0 Å². The van der Waals surface area contributed by atoms with Crippen molar-refractivity contribution in [3.05, 3.63) is 79.9 Å². The van der Waals surface area contributed by atoms with Gasteiger partial charge >= 0.3 is 18.0 Å². The molecule has 194 valence electrons. The Hall–Kier alpha value is -5.25. The molecule has 16 nitrogen and oxygen atoms in total. The van der Waals surface area contributed by atoms with Gasteiger partial charge in [0.25, 0.3) is 11.4 Å². The Morgan fingerprint density at radius 3 is 1.92 bits per heavy atom. The zero-order chi connectivity index (χ0) is 27.4. The number of benzene rings is 2. The molecular weight excluding hydrogens is 496 g/mol. The van der Waals surface area contributed by atoms with Gasteiger partial charge < -0.3 is 9.64 Å². The molecule has 1 amide bonds. The van der Waals surface area contributed by atoms with Gasteiger partial charge in [-0.1, -0.05) is 0 Å². The fourth-order valence-corrected chi connectivity index (χ4v) is 2.35. The van der Waals surface area contributed by atoms with E-state index in [4.69, 9.17) is 0 Å². The Labute approximate surface area is 208 Å². The molecule has 0 fully saturated rings. The number of nitro benzene ring substituents is 2. The molecule has 0 radical (unpaired) electrons. The Balaban J connectivity index is 1.96. The molecule has 0 heterocycles. The van der Waals surface area contributed by atoms with Crippen molar-refractivity contribution in [2.24, 2.45) is 9.98 Å². The van der Waals surface area contributed by atoms with Gasteiger partial charge in [0.1, 0.15) is 0 Å². The molecule has 0 aliphatic rings. The van der Waals surface area contributed by atoms with Crippen LogP contribution in [0.15, 0.2) is 58.5 Å². The van der Waals surface area contributed by atoms with Crippen LogP contribution in [0.25, 0.3) is 0 Å². The number of guanidine groups is 1. The maximum absolute atomic E-state index is 12.1. The third kappa shape index (κ3) is 9.49. The lowest BCUT2D eigenvalue weighted by Gasteiger charge is -2.08. The summed E-state index contributed by atoms with van der Waals surface area (Å²) in [4.78, 5) is 74.8. The number of hydrogen-bond acceptors (Lipinski definition) is 12. The molecule has 0 unspecified atom stereocenters. The highest BCUT2D eigenvalue weighted by atomic mass is 17.2. The number of alkyl carbamates (subject to hydrolysis) is 1. The summed E-state index contributed by atoms with van der Waals surface area (Å²) in [6, 6.07) is 8.91. The second-order valence-corrected chi connectivity index (χ2v) is 7.12. The molecule has 2 aromatic rings. The number of non-ortho nitro benzene ring substituents is 2. The van der Waals surface area contributed by atoms with Crippen molar-refractivity contribution in [2.45, 2.75) is 0 Å². The van der Waals surface area contributed by atoms with E-state index in [-0.39, 0.29) is 35.0 Å². The lowest BCUT2D eigenvalue weighted by Crippen LogP contribution is -2.32. The summed E-state index contributed by atoms with van der Waals surface area (Å²) in [7, 11) is 3.56. The van der Waals surface area contributed by atoms with Crippen LogP contribution in [0.3, 0.4) is 0 Å². The fourth-order valence-electron chi connectivity index (χ4n) is 2.35. The number of esters is 1. The quantitative estimate of drug-likeness (QED) is 0.0971. The van der Waals surface area contributed by atoms with Gasteiger partial charge in [0.15, 0.2) is 0 Å². The van der Waals surface area contributed by atoms with Crippen molar-refractivity contribution >= 4 is 41.8 Å². The molecule has 0 saturated heterocycles.